The lowest BCUT2D eigenvalue weighted by Gasteiger charge is -2.10. The second kappa shape index (κ2) is 7.72. The maximum atomic E-state index is 12.4. The number of hydrogen-bond acceptors (Lipinski definition) is 4. The Bertz CT molecular complexity index is 1130. The number of rotatable bonds is 5. The first-order chi connectivity index (χ1) is 12.7. The minimum absolute atomic E-state index is 0.0115. The van der Waals surface area contributed by atoms with E-state index >= 15 is 0 Å². The van der Waals surface area contributed by atoms with Crippen LogP contribution in [-0.4, -0.2) is 18.4 Å². The van der Waals surface area contributed by atoms with Gasteiger partial charge in [-0.15, -0.1) is 0 Å². The summed E-state index contributed by atoms with van der Waals surface area (Å²) in [4.78, 5) is 19.1. The van der Waals surface area contributed by atoms with Gasteiger partial charge < -0.3 is 0 Å². The molecule has 3 aromatic rings. The van der Waals surface area contributed by atoms with Gasteiger partial charge in [-0.3, -0.25) is 9.78 Å². The smallest absolute Gasteiger partial charge is 0.264 e. The largest absolute Gasteiger partial charge is 0.292 e. The predicted molar refractivity (Wildman–Crippen MR) is 106 cm³/mol. The van der Waals surface area contributed by atoms with Crippen LogP contribution in [0.25, 0.3) is 0 Å². The zero-order chi connectivity index (χ0) is 19.6. The summed E-state index contributed by atoms with van der Waals surface area (Å²) in [5.41, 5.74) is 1.37. The Morgan fingerprint density at radius 1 is 1.00 bits per heavy atom. The standard InChI is InChI=1S/C18H15Cl2N3O3S/c1-11-16(10-12-2-4-13(19)5-3-12)17(24)22-18(21-11)23-27(25,26)15-8-6-14(20)7-9-15/h2-9H,10H2,1H3,(H2,21,22,23,24). The molecular weight excluding hydrogens is 409 g/mol. The number of nitrogens with one attached hydrogen (secondary N) is 2. The number of aryl methyl sites for hydroxylation is 1. The molecule has 27 heavy (non-hydrogen) atoms. The Morgan fingerprint density at radius 3 is 2.11 bits per heavy atom. The molecule has 6 nitrogen and oxygen atoms in total. The molecule has 0 saturated heterocycles. The Morgan fingerprint density at radius 2 is 1.56 bits per heavy atom. The van der Waals surface area contributed by atoms with Crippen LogP contribution < -0.4 is 10.3 Å². The van der Waals surface area contributed by atoms with Crippen LogP contribution in [0.5, 0.6) is 0 Å². The maximum Gasteiger partial charge on any atom is 0.264 e. The van der Waals surface area contributed by atoms with Gasteiger partial charge in [-0.05, 0) is 48.9 Å². The van der Waals surface area contributed by atoms with Crippen molar-refractivity contribution in [2.45, 2.75) is 18.2 Å². The molecule has 0 radical (unpaired) electrons. The van der Waals surface area contributed by atoms with Crippen molar-refractivity contribution in [1.29, 1.82) is 0 Å². The number of H-pyrrole nitrogens is 1. The molecule has 140 valence electrons. The summed E-state index contributed by atoms with van der Waals surface area (Å²) in [7, 11) is -3.90. The van der Waals surface area contributed by atoms with Gasteiger partial charge in [0.1, 0.15) is 0 Å². The van der Waals surface area contributed by atoms with E-state index in [1.54, 1.807) is 19.1 Å². The summed E-state index contributed by atoms with van der Waals surface area (Å²) < 4.78 is 27.1. The molecule has 0 bridgehead atoms. The highest BCUT2D eigenvalue weighted by Gasteiger charge is 2.17. The fraction of sp³-hybridized carbons (Fsp3) is 0.111. The van der Waals surface area contributed by atoms with Crippen LogP contribution in [0.15, 0.2) is 58.2 Å². The van der Waals surface area contributed by atoms with Gasteiger partial charge in [0.2, 0.25) is 5.95 Å². The predicted octanol–water partition coefficient (Wildman–Crippen LogP) is 3.78. The summed E-state index contributed by atoms with van der Waals surface area (Å²) in [6, 6.07) is 12.8. The van der Waals surface area contributed by atoms with Gasteiger partial charge in [-0.1, -0.05) is 35.3 Å². The van der Waals surface area contributed by atoms with Gasteiger partial charge in [0.05, 0.1) is 10.6 Å². The van der Waals surface area contributed by atoms with E-state index in [2.05, 4.69) is 14.7 Å². The zero-order valence-corrected chi connectivity index (χ0v) is 16.5. The Balaban J connectivity index is 1.87. The highest BCUT2D eigenvalue weighted by atomic mass is 35.5. The van der Waals surface area contributed by atoms with Crippen molar-refractivity contribution in [3.05, 3.63) is 85.8 Å². The molecule has 1 heterocycles. The zero-order valence-electron chi connectivity index (χ0n) is 14.2. The van der Waals surface area contributed by atoms with Crippen LogP contribution in [0.1, 0.15) is 16.8 Å². The average molecular weight is 424 g/mol. The number of aromatic amines is 1. The topological polar surface area (TPSA) is 91.9 Å². The first-order valence-electron chi connectivity index (χ1n) is 7.87. The first-order valence-corrected chi connectivity index (χ1v) is 10.1. The second-order valence-corrected chi connectivity index (χ2v) is 8.40. The molecule has 0 aliphatic carbocycles. The van der Waals surface area contributed by atoms with Gasteiger partial charge in [0.25, 0.3) is 15.6 Å². The number of sulfonamides is 1. The van der Waals surface area contributed by atoms with Crippen LogP contribution in [-0.2, 0) is 16.4 Å². The van der Waals surface area contributed by atoms with E-state index in [0.29, 0.717) is 27.7 Å². The number of nitrogens with zero attached hydrogens (tertiary/aromatic N) is 1. The monoisotopic (exact) mass is 423 g/mol. The van der Waals surface area contributed by atoms with E-state index in [-0.39, 0.29) is 10.8 Å². The van der Waals surface area contributed by atoms with Gasteiger partial charge in [0, 0.05) is 22.0 Å². The fourth-order valence-corrected chi connectivity index (χ4v) is 3.69. The van der Waals surface area contributed by atoms with Gasteiger partial charge in [-0.25, -0.2) is 18.1 Å². The van der Waals surface area contributed by atoms with E-state index in [1.165, 1.54) is 24.3 Å². The quantitative estimate of drug-likeness (QED) is 0.652. The van der Waals surface area contributed by atoms with Crippen molar-refractivity contribution < 1.29 is 8.42 Å². The number of halogens is 2. The van der Waals surface area contributed by atoms with Crippen LogP contribution in [0.4, 0.5) is 5.95 Å². The molecule has 0 fully saturated rings. The minimum Gasteiger partial charge on any atom is -0.292 e. The first kappa shape index (κ1) is 19.4. The minimum atomic E-state index is -3.90. The lowest BCUT2D eigenvalue weighted by molar-refractivity contribution is 0.600. The van der Waals surface area contributed by atoms with Gasteiger partial charge >= 0.3 is 0 Å². The van der Waals surface area contributed by atoms with Crippen LogP contribution in [0, 0.1) is 6.92 Å². The van der Waals surface area contributed by atoms with E-state index < -0.39 is 15.6 Å². The molecule has 2 aromatic carbocycles. The van der Waals surface area contributed by atoms with E-state index in [4.69, 9.17) is 23.2 Å². The van der Waals surface area contributed by atoms with E-state index in [1.807, 2.05) is 12.1 Å². The third kappa shape index (κ3) is 4.68. The molecule has 0 amide bonds. The number of aromatic nitrogens is 2. The highest BCUT2D eigenvalue weighted by Crippen LogP contribution is 2.17. The third-order valence-corrected chi connectivity index (χ3v) is 5.73. The van der Waals surface area contributed by atoms with Crippen molar-refractivity contribution in [2.24, 2.45) is 0 Å². The highest BCUT2D eigenvalue weighted by molar-refractivity contribution is 7.92. The van der Waals surface area contributed by atoms with Crippen molar-refractivity contribution >= 4 is 39.2 Å². The van der Waals surface area contributed by atoms with Crippen LogP contribution in [0.3, 0.4) is 0 Å². The van der Waals surface area contributed by atoms with E-state index in [0.717, 1.165) is 5.56 Å². The summed E-state index contributed by atoms with van der Waals surface area (Å²) in [6.45, 7) is 1.65. The second-order valence-electron chi connectivity index (χ2n) is 5.84. The average Bonchev–Trinajstić information content (AvgIpc) is 2.60. The Labute approximate surface area is 166 Å². The van der Waals surface area contributed by atoms with Crippen molar-refractivity contribution in [2.75, 3.05) is 4.72 Å². The lowest BCUT2D eigenvalue weighted by atomic mass is 10.1. The molecule has 0 saturated carbocycles. The molecule has 0 aliphatic rings. The molecule has 3 rings (SSSR count). The fourth-order valence-electron chi connectivity index (χ4n) is 2.47. The molecule has 9 heteroatoms. The van der Waals surface area contributed by atoms with Crippen LogP contribution >= 0.6 is 23.2 Å². The van der Waals surface area contributed by atoms with Crippen LogP contribution in [0.2, 0.25) is 10.0 Å². The lowest BCUT2D eigenvalue weighted by Crippen LogP contribution is -2.22. The molecule has 0 atom stereocenters. The molecule has 0 spiro atoms. The SMILES string of the molecule is Cc1nc(NS(=O)(=O)c2ccc(Cl)cc2)[nH]c(=O)c1Cc1ccc(Cl)cc1. The third-order valence-electron chi connectivity index (χ3n) is 3.87. The number of anilines is 1. The molecule has 1 aromatic heterocycles. The van der Waals surface area contributed by atoms with Crippen molar-refractivity contribution in [3.8, 4) is 0 Å². The summed E-state index contributed by atoms with van der Waals surface area (Å²) >= 11 is 11.6. The summed E-state index contributed by atoms with van der Waals surface area (Å²) in [5, 5.41) is 1.03. The molecule has 2 N–H and O–H groups in total. The van der Waals surface area contributed by atoms with Crippen molar-refractivity contribution in [3.63, 3.8) is 0 Å². The summed E-state index contributed by atoms with van der Waals surface area (Å²) in [5.74, 6) is -0.146. The number of hydrogen-bond donors (Lipinski definition) is 2. The molecule has 0 unspecified atom stereocenters. The van der Waals surface area contributed by atoms with Gasteiger partial charge in [-0.2, -0.15) is 0 Å². The summed E-state index contributed by atoms with van der Waals surface area (Å²) in [6.07, 6.45) is 0.357. The van der Waals surface area contributed by atoms with Gasteiger partial charge in [0.15, 0.2) is 0 Å². The molecular formula is C18H15Cl2N3O3S. The van der Waals surface area contributed by atoms with E-state index in [9.17, 15) is 13.2 Å². The number of benzene rings is 2. The Kier molecular flexibility index (Phi) is 5.55. The Hall–Kier alpha value is -2.35. The normalized spacial score (nSPS) is 11.4. The van der Waals surface area contributed by atoms with Crippen molar-refractivity contribution in [1.82, 2.24) is 9.97 Å². The maximum absolute atomic E-state index is 12.4. The molecule has 0 aliphatic heterocycles.